The van der Waals surface area contributed by atoms with Crippen molar-refractivity contribution in [2.45, 2.75) is 19.1 Å². The number of nitrogens with zero attached hydrogens (tertiary/aromatic N) is 2. The van der Waals surface area contributed by atoms with Gasteiger partial charge in [0.05, 0.1) is 5.69 Å². The van der Waals surface area contributed by atoms with Gasteiger partial charge in [-0.05, 0) is 19.1 Å². The van der Waals surface area contributed by atoms with E-state index in [0.717, 1.165) is 0 Å². The zero-order valence-electron chi connectivity index (χ0n) is 8.26. The number of hydrogen-bond donors (Lipinski definition) is 2. The zero-order valence-corrected chi connectivity index (χ0v) is 8.26. The van der Waals surface area contributed by atoms with E-state index in [9.17, 15) is 9.50 Å². The van der Waals surface area contributed by atoms with Crippen LogP contribution in [0.4, 0.5) is 4.39 Å². The predicted molar refractivity (Wildman–Crippen MR) is 53.8 cm³/mol. The molecule has 0 saturated carbocycles. The molecule has 0 fully saturated rings. The van der Waals surface area contributed by atoms with Crippen LogP contribution in [0.15, 0.2) is 24.5 Å². The third kappa shape index (κ3) is 1.71. The lowest BCUT2D eigenvalue weighted by Crippen LogP contribution is -2.24. The molecule has 2 heterocycles. The van der Waals surface area contributed by atoms with E-state index >= 15 is 0 Å². The molecule has 0 spiro atoms. The van der Waals surface area contributed by atoms with Crippen molar-refractivity contribution in [2.75, 3.05) is 0 Å². The van der Waals surface area contributed by atoms with E-state index in [0.29, 0.717) is 5.69 Å². The Balaban J connectivity index is 2.52. The number of hydrogen-bond acceptors (Lipinski definition) is 3. The van der Waals surface area contributed by atoms with Gasteiger partial charge in [-0.15, -0.1) is 0 Å². The summed E-state index contributed by atoms with van der Waals surface area (Å²) in [5.41, 5.74) is 6.12. The summed E-state index contributed by atoms with van der Waals surface area (Å²) in [7, 11) is 0. The van der Waals surface area contributed by atoms with Crippen LogP contribution in [0.1, 0.15) is 18.7 Å². The van der Waals surface area contributed by atoms with E-state index in [4.69, 9.17) is 5.73 Å². The molecule has 15 heavy (non-hydrogen) atoms. The molecule has 0 bridgehead atoms. The van der Waals surface area contributed by atoms with Crippen molar-refractivity contribution in [3.63, 3.8) is 0 Å². The number of nitrogens with two attached hydrogens (primary N) is 1. The van der Waals surface area contributed by atoms with Crippen LogP contribution in [0.25, 0.3) is 5.65 Å². The third-order valence-electron chi connectivity index (χ3n) is 2.25. The van der Waals surface area contributed by atoms with Gasteiger partial charge in [-0.2, -0.15) is 0 Å². The molecule has 2 aromatic heterocycles. The highest BCUT2D eigenvalue weighted by Crippen LogP contribution is 2.17. The van der Waals surface area contributed by atoms with Crippen LogP contribution in [-0.4, -0.2) is 20.5 Å². The van der Waals surface area contributed by atoms with Crippen LogP contribution in [0.2, 0.25) is 0 Å². The third-order valence-corrected chi connectivity index (χ3v) is 2.25. The molecule has 5 heteroatoms. The summed E-state index contributed by atoms with van der Waals surface area (Å²) >= 11 is 0. The Bertz CT molecular complexity index is 480. The molecule has 80 valence electrons. The summed E-state index contributed by atoms with van der Waals surface area (Å²) in [5.74, 6) is -0.416. The topological polar surface area (TPSA) is 63.5 Å². The Morgan fingerprint density at radius 2 is 2.33 bits per heavy atom. The fourth-order valence-corrected chi connectivity index (χ4v) is 1.41. The molecule has 2 aromatic rings. The molecule has 0 amide bonds. The van der Waals surface area contributed by atoms with Gasteiger partial charge in [0.15, 0.2) is 11.5 Å². The van der Waals surface area contributed by atoms with Gasteiger partial charge in [0.25, 0.3) is 0 Å². The molecule has 0 aliphatic rings. The van der Waals surface area contributed by atoms with E-state index in [-0.39, 0.29) is 5.65 Å². The first-order valence-electron chi connectivity index (χ1n) is 4.66. The summed E-state index contributed by atoms with van der Waals surface area (Å²) < 4.78 is 14.8. The largest absolute Gasteiger partial charge is 0.385 e. The molecule has 0 radical (unpaired) electrons. The minimum Gasteiger partial charge on any atom is -0.385 e. The molecule has 2 unspecified atom stereocenters. The van der Waals surface area contributed by atoms with Crippen molar-refractivity contribution >= 4 is 5.65 Å². The van der Waals surface area contributed by atoms with Crippen LogP contribution >= 0.6 is 0 Å². The normalized spacial score (nSPS) is 15.5. The monoisotopic (exact) mass is 209 g/mol. The van der Waals surface area contributed by atoms with E-state index in [2.05, 4.69) is 4.98 Å². The minimum atomic E-state index is -0.871. The molecule has 2 atom stereocenters. The number of aliphatic hydroxyl groups is 1. The Kier molecular flexibility index (Phi) is 2.42. The number of fused-ring (bicyclic) bond motifs is 1. The zero-order chi connectivity index (χ0) is 11.0. The Labute approximate surface area is 86.2 Å². The fourth-order valence-electron chi connectivity index (χ4n) is 1.41. The van der Waals surface area contributed by atoms with E-state index < -0.39 is 18.0 Å². The van der Waals surface area contributed by atoms with E-state index in [1.54, 1.807) is 25.4 Å². The van der Waals surface area contributed by atoms with Gasteiger partial charge in [0.1, 0.15) is 6.10 Å². The highest BCUT2D eigenvalue weighted by molar-refractivity contribution is 5.41. The molecule has 2 rings (SSSR count). The van der Waals surface area contributed by atoms with Crippen LogP contribution in [0.5, 0.6) is 0 Å². The van der Waals surface area contributed by atoms with E-state index in [1.165, 1.54) is 10.5 Å². The van der Waals surface area contributed by atoms with Crippen molar-refractivity contribution < 1.29 is 9.50 Å². The number of rotatable bonds is 2. The number of aliphatic hydroxyl groups excluding tert-OH is 1. The first-order chi connectivity index (χ1) is 7.09. The van der Waals surface area contributed by atoms with Gasteiger partial charge in [-0.25, -0.2) is 9.37 Å². The van der Waals surface area contributed by atoms with Gasteiger partial charge >= 0.3 is 0 Å². The van der Waals surface area contributed by atoms with Crippen molar-refractivity contribution in [1.29, 1.82) is 0 Å². The van der Waals surface area contributed by atoms with E-state index in [1.807, 2.05) is 0 Å². The quantitative estimate of drug-likeness (QED) is 0.770. The van der Waals surface area contributed by atoms with Gasteiger partial charge in [0.2, 0.25) is 0 Å². The van der Waals surface area contributed by atoms with Crippen molar-refractivity contribution in [3.05, 3.63) is 36.0 Å². The van der Waals surface area contributed by atoms with Crippen LogP contribution in [-0.2, 0) is 0 Å². The van der Waals surface area contributed by atoms with Crippen LogP contribution < -0.4 is 5.73 Å². The second-order valence-corrected chi connectivity index (χ2v) is 3.56. The molecular formula is C10H12FN3O. The maximum atomic E-state index is 13.3. The summed E-state index contributed by atoms with van der Waals surface area (Å²) in [6, 6.07) is 2.47. The maximum absolute atomic E-state index is 13.3. The second kappa shape index (κ2) is 3.60. The first kappa shape index (κ1) is 10.1. The molecule has 0 aromatic carbocycles. The van der Waals surface area contributed by atoms with Gasteiger partial charge < -0.3 is 15.2 Å². The summed E-state index contributed by atoms with van der Waals surface area (Å²) in [6.45, 7) is 1.67. The molecule has 0 aliphatic carbocycles. The highest BCUT2D eigenvalue weighted by Gasteiger charge is 2.16. The summed E-state index contributed by atoms with van der Waals surface area (Å²) in [5, 5.41) is 9.67. The first-order valence-corrected chi connectivity index (χ1v) is 4.66. The lowest BCUT2D eigenvalue weighted by Gasteiger charge is -2.10. The smallest absolute Gasteiger partial charge is 0.173 e. The SMILES string of the molecule is CC(N)C(O)c1cn2cccc(F)c2n1. The molecule has 0 aliphatic heterocycles. The van der Waals surface area contributed by atoms with Gasteiger partial charge in [0, 0.05) is 18.4 Å². The number of pyridine rings is 1. The average Bonchev–Trinajstić information content (AvgIpc) is 2.61. The number of halogens is 1. The second-order valence-electron chi connectivity index (χ2n) is 3.56. The van der Waals surface area contributed by atoms with Gasteiger partial charge in [-0.1, -0.05) is 0 Å². The minimum absolute atomic E-state index is 0.201. The Morgan fingerprint density at radius 3 is 2.93 bits per heavy atom. The lowest BCUT2D eigenvalue weighted by atomic mass is 10.1. The van der Waals surface area contributed by atoms with Crippen LogP contribution in [0.3, 0.4) is 0 Å². The Morgan fingerprint density at radius 1 is 1.60 bits per heavy atom. The van der Waals surface area contributed by atoms with Crippen LogP contribution in [0, 0.1) is 5.82 Å². The molecule has 4 nitrogen and oxygen atoms in total. The number of aromatic nitrogens is 2. The maximum Gasteiger partial charge on any atom is 0.173 e. The van der Waals surface area contributed by atoms with Crippen molar-refractivity contribution in [2.24, 2.45) is 5.73 Å². The average molecular weight is 209 g/mol. The fraction of sp³-hybridized carbons (Fsp3) is 0.300. The summed E-state index contributed by atoms with van der Waals surface area (Å²) in [4.78, 5) is 3.99. The van der Waals surface area contributed by atoms with Crippen molar-refractivity contribution in [3.8, 4) is 0 Å². The van der Waals surface area contributed by atoms with Gasteiger partial charge in [-0.3, -0.25) is 0 Å². The molecular weight excluding hydrogens is 197 g/mol. The standard InChI is InChI=1S/C10H12FN3O/c1-6(12)9(15)8-5-14-4-2-3-7(11)10(14)13-8/h2-6,9,15H,12H2,1H3. The van der Waals surface area contributed by atoms with Crippen molar-refractivity contribution in [1.82, 2.24) is 9.38 Å². The molecule has 0 saturated heterocycles. The summed E-state index contributed by atoms with van der Waals surface area (Å²) in [6.07, 6.45) is 2.37. The molecule has 3 N–H and O–H groups in total. The Hall–Kier alpha value is -1.46. The lowest BCUT2D eigenvalue weighted by molar-refractivity contribution is 0.149. The number of imidazole rings is 1. The predicted octanol–water partition coefficient (Wildman–Crippen LogP) is 0.854. The highest BCUT2D eigenvalue weighted by atomic mass is 19.1.